The summed E-state index contributed by atoms with van der Waals surface area (Å²) >= 11 is 5.85. The van der Waals surface area contributed by atoms with Crippen molar-refractivity contribution in [3.05, 3.63) is 64.4 Å². The van der Waals surface area contributed by atoms with Crippen LogP contribution in [0.5, 0.6) is 5.75 Å². The monoisotopic (exact) mass is 333 g/mol. The molecule has 2 nitrogen and oxygen atoms in total. The number of alkyl halides is 3. The van der Waals surface area contributed by atoms with E-state index in [2.05, 4.69) is 0 Å². The van der Waals surface area contributed by atoms with Crippen LogP contribution in [0.2, 0.25) is 5.02 Å². The van der Waals surface area contributed by atoms with Crippen LogP contribution < -0.4 is 10.5 Å². The van der Waals surface area contributed by atoms with Crippen LogP contribution in [0.25, 0.3) is 0 Å². The van der Waals surface area contributed by atoms with Gasteiger partial charge in [-0.2, -0.15) is 13.2 Å². The highest BCUT2D eigenvalue weighted by atomic mass is 35.5. The molecule has 0 aromatic heterocycles. The number of hydrogen-bond acceptors (Lipinski definition) is 2. The number of ether oxygens (including phenoxy) is 1. The molecule has 0 heterocycles. The Hall–Kier alpha value is -1.79. The van der Waals surface area contributed by atoms with Crippen molar-refractivity contribution in [1.29, 1.82) is 0 Å². The third kappa shape index (κ3) is 3.90. The van der Waals surface area contributed by atoms with Gasteiger partial charge in [0.2, 0.25) is 0 Å². The lowest BCUT2D eigenvalue weighted by Crippen LogP contribution is -2.28. The molecule has 2 N–H and O–H groups in total. The summed E-state index contributed by atoms with van der Waals surface area (Å²) in [7, 11) is 0. The highest BCUT2D eigenvalue weighted by Crippen LogP contribution is 2.31. The van der Waals surface area contributed by atoms with E-state index >= 15 is 0 Å². The first-order chi connectivity index (χ1) is 10.3. The van der Waals surface area contributed by atoms with Gasteiger partial charge in [0.05, 0.1) is 5.02 Å². The van der Waals surface area contributed by atoms with E-state index in [0.717, 1.165) is 0 Å². The molecule has 0 aliphatic heterocycles. The van der Waals surface area contributed by atoms with Gasteiger partial charge in [0.25, 0.3) is 0 Å². The lowest BCUT2D eigenvalue weighted by atomic mass is 10.1. The summed E-state index contributed by atoms with van der Waals surface area (Å²) in [5, 5.41) is 0.218. The van der Waals surface area contributed by atoms with Crippen LogP contribution in [-0.4, -0.2) is 6.18 Å². The Morgan fingerprint density at radius 2 is 1.73 bits per heavy atom. The molecule has 2 rings (SSSR count). The minimum Gasteiger partial charge on any atom is -0.489 e. The van der Waals surface area contributed by atoms with Crippen LogP contribution in [-0.2, 0) is 6.61 Å². The molecule has 0 unspecified atom stereocenters. The molecule has 118 valence electrons. The smallest absolute Gasteiger partial charge is 0.407 e. The molecule has 0 radical (unpaired) electrons. The Labute approximate surface area is 129 Å². The molecule has 22 heavy (non-hydrogen) atoms. The van der Waals surface area contributed by atoms with E-state index in [1.807, 2.05) is 0 Å². The molecule has 2 aromatic carbocycles. The van der Waals surface area contributed by atoms with Gasteiger partial charge in [-0.1, -0.05) is 29.8 Å². The first-order valence-electron chi connectivity index (χ1n) is 6.27. The summed E-state index contributed by atoms with van der Waals surface area (Å²) in [6.45, 7) is -0.129. The first kappa shape index (κ1) is 16.6. The summed E-state index contributed by atoms with van der Waals surface area (Å²) in [4.78, 5) is 0. The van der Waals surface area contributed by atoms with Crippen LogP contribution in [0.15, 0.2) is 42.5 Å². The Morgan fingerprint density at radius 3 is 2.27 bits per heavy atom. The van der Waals surface area contributed by atoms with Crippen molar-refractivity contribution in [2.24, 2.45) is 5.73 Å². The van der Waals surface area contributed by atoms with Gasteiger partial charge in [-0.15, -0.1) is 0 Å². The number of benzene rings is 2. The zero-order chi connectivity index (χ0) is 16.3. The molecular formula is C15H12ClF4NO. The molecule has 0 aliphatic rings. The molecule has 1 atom stereocenters. The van der Waals surface area contributed by atoms with Gasteiger partial charge in [0.1, 0.15) is 24.2 Å². The van der Waals surface area contributed by atoms with Gasteiger partial charge in [0, 0.05) is 5.56 Å². The second kappa shape index (κ2) is 6.54. The SMILES string of the molecule is N[C@@H](c1ccc(OCc2c(F)cccc2Cl)cc1)C(F)(F)F. The second-order valence-electron chi connectivity index (χ2n) is 4.58. The van der Waals surface area contributed by atoms with Crippen molar-refractivity contribution >= 4 is 11.6 Å². The Kier molecular flexibility index (Phi) is 4.93. The summed E-state index contributed by atoms with van der Waals surface area (Å²) in [5.74, 6) is -0.222. The molecule has 2 aromatic rings. The summed E-state index contributed by atoms with van der Waals surface area (Å²) in [5.41, 5.74) is 5.19. The van der Waals surface area contributed by atoms with E-state index in [0.29, 0.717) is 0 Å². The quantitative estimate of drug-likeness (QED) is 0.829. The van der Waals surface area contributed by atoms with Crippen LogP contribution >= 0.6 is 11.6 Å². The zero-order valence-corrected chi connectivity index (χ0v) is 12.0. The fraction of sp³-hybridized carbons (Fsp3) is 0.200. The molecular weight excluding hydrogens is 322 g/mol. The van der Waals surface area contributed by atoms with Crippen LogP contribution in [0, 0.1) is 5.82 Å². The fourth-order valence-corrected chi connectivity index (χ4v) is 2.00. The molecule has 0 saturated heterocycles. The topological polar surface area (TPSA) is 35.2 Å². The number of rotatable bonds is 4. The Balaban J connectivity index is 2.06. The van der Waals surface area contributed by atoms with E-state index in [1.54, 1.807) is 0 Å². The van der Waals surface area contributed by atoms with Crippen molar-refractivity contribution < 1.29 is 22.3 Å². The first-order valence-corrected chi connectivity index (χ1v) is 6.65. The van der Waals surface area contributed by atoms with Crippen molar-refractivity contribution in [3.8, 4) is 5.75 Å². The normalized spacial score (nSPS) is 13.0. The number of nitrogens with two attached hydrogens (primary N) is 1. The second-order valence-corrected chi connectivity index (χ2v) is 4.98. The highest BCUT2D eigenvalue weighted by Gasteiger charge is 2.37. The molecule has 0 spiro atoms. The Bertz CT molecular complexity index is 623. The average Bonchev–Trinajstić information content (AvgIpc) is 2.46. The predicted octanol–water partition coefficient (Wildman–Crippen LogP) is 4.62. The largest absolute Gasteiger partial charge is 0.489 e. The van der Waals surface area contributed by atoms with Gasteiger partial charge in [-0.3, -0.25) is 0 Å². The maximum Gasteiger partial charge on any atom is 0.407 e. The van der Waals surface area contributed by atoms with Gasteiger partial charge in [-0.05, 0) is 29.8 Å². The lowest BCUT2D eigenvalue weighted by molar-refractivity contribution is -0.149. The third-order valence-electron chi connectivity index (χ3n) is 3.04. The number of halogens is 5. The average molecular weight is 334 g/mol. The summed E-state index contributed by atoms with van der Waals surface area (Å²) in [6, 6.07) is 7.31. The Morgan fingerprint density at radius 1 is 1.09 bits per heavy atom. The van der Waals surface area contributed by atoms with Crippen LogP contribution in [0.3, 0.4) is 0 Å². The highest BCUT2D eigenvalue weighted by molar-refractivity contribution is 6.31. The lowest BCUT2D eigenvalue weighted by Gasteiger charge is -2.16. The molecule has 0 amide bonds. The van der Waals surface area contributed by atoms with Crippen molar-refractivity contribution in [3.63, 3.8) is 0 Å². The van der Waals surface area contributed by atoms with Crippen LogP contribution in [0.4, 0.5) is 17.6 Å². The summed E-state index contributed by atoms with van der Waals surface area (Å²) in [6.07, 6.45) is -4.51. The van der Waals surface area contributed by atoms with Gasteiger partial charge >= 0.3 is 6.18 Å². The maximum absolute atomic E-state index is 13.5. The van der Waals surface area contributed by atoms with E-state index in [4.69, 9.17) is 22.1 Å². The van der Waals surface area contributed by atoms with E-state index in [1.165, 1.54) is 42.5 Å². The van der Waals surface area contributed by atoms with E-state index in [-0.39, 0.29) is 28.5 Å². The molecule has 0 saturated carbocycles. The molecule has 0 aliphatic carbocycles. The van der Waals surface area contributed by atoms with E-state index < -0.39 is 18.0 Å². The summed E-state index contributed by atoms with van der Waals surface area (Å²) < 4.78 is 56.3. The van der Waals surface area contributed by atoms with Gasteiger partial charge < -0.3 is 10.5 Å². The van der Waals surface area contributed by atoms with Gasteiger partial charge in [-0.25, -0.2) is 4.39 Å². The third-order valence-corrected chi connectivity index (χ3v) is 3.39. The predicted molar refractivity (Wildman–Crippen MR) is 75.2 cm³/mol. The van der Waals surface area contributed by atoms with Crippen molar-refractivity contribution in [2.45, 2.75) is 18.8 Å². The fourth-order valence-electron chi connectivity index (χ4n) is 1.79. The maximum atomic E-state index is 13.5. The van der Waals surface area contributed by atoms with Gasteiger partial charge in [0.15, 0.2) is 0 Å². The zero-order valence-electron chi connectivity index (χ0n) is 11.2. The minimum absolute atomic E-state index is 0.0798. The van der Waals surface area contributed by atoms with Crippen molar-refractivity contribution in [2.75, 3.05) is 0 Å². The molecule has 7 heteroatoms. The van der Waals surface area contributed by atoms with Crippen molar-refractivity contribution in [1.82, 2.24) is 0 Å². The molecule has 0 bridgehead atoms. The minimum atomic E-state index is -4.51. The van der Waals surface area contributed by atoms with E-state index in [9.17, 15) is 17.6 Å². The molecule has 0 fully saturated rings. The van der Waals surface area contributed by atoms with Crippen LogP contribution in [0.1, 0.15) is 17.2 Å². The standard InChI is InChI=1S/C15H12ClF4NO/c16-12-2-1-3-13(17)11(12)8-22-10-6-4-9(5-7-10)14(21)15(18,19)20/h1-7,14H,8,21H2/t14-/m0/s1. The number of hydrogen-bond donors (Lipinski definition) is 1.